The lowest BCUT2D eigenvalue weighted by Gasteiger charge is -2.22. The second-order valence-electron chi connectivity index (χ2n) is 6.31. The normalized spacial score (nSPS) is 22.5. The van der Waals surface area contributed by atoms with Crippen LogP contribution in [0, 0.1) is 0 Å². The average molecular weight is 325 g/mol. The molecular formula is C19H27N5. The average Bonchev–Trinajstić information content (AvgIpc) is 2.66. The van der Waals surface area contributed by atoms with Crippen LogP contribution in [0.1, 0.15) is 37.8 Å². The molecule has 5 nitrogen and oxygen atoms in total. The van der Waals surface area contributed by atoms with Crippen LogP contribution in [-0.4, -0.2) is 49.6 Å². The van der Waals surface area contributed by atoms with E-state index in [0.29, 0.717) is 6.04 Å². The summed E-state index contributed by atoms with van der Waals surface area (Å²) in [6.45, 7) is 2.53. The largest absolute Gasteiger partial charge is 0.381 e. The molecule has 0 radical (unpaired) electrons. The molecule has 2 N–H and O–H groups in total. The highest BCUT2D eigenvalue weighted by atomic mass is 14.9. The molecule has 2 aliphatic rings. The van der Waals surface area contributed by atoms with Gasteiger partial charge in [-0.2, -0.15) is 0 Å². The zero-order valence-electron chi connectivity index (χ0n) is 14.5. The Morgan fingerprint density at radius 2 is 2.29 bits per heavy atom. The van der Waals surface area contributed by atoms with Gasteiger partial charge in [0.05, 0.1) is 17.9 Å². The van der Waals surface area contributed by atoms with Crippen molar-refractivity contribution in [3.05, 3.63) is 30.1 Å². The summed E-state index contributed by atoms with van der Waals surface area (Å²) in [6, 6.07) is 4.71. The second kappa shape index (κ2) is 8.73. The minimum atomic E-state index is 0.601. The van der Waals surface area contributed by atoms with E-state index in [1.807, 2.05) is 25.5 Å². The third kappa shape index (κ3) is 4.51. The molecule has 1 aliphatic heterocycles. The predicted molar refractivity (Wildman–Crippen MR) is 102 cm³/mol. The fourth-order valence-electron chi connectivity index (χ4n) is 3.22. The molecule has 0 bridgehead atoms. The van der Waals surface area contributed by atoms with Gasteiger partial charge >= 0.3 is 0 Å². The Kier molecular flexibility index (Phi) is 6.13. The van der Waals surface area contributed by atoms with Crippen LogP contribution < -0.4 is 10.6 Å². The first-order valence-electron chi connectivity index (χ1n) is 8.93. The molecule has 1 atom stereocenters. The SMILES string of the molecule is CNC1CC=C(c2ncccc2NCCN=C2CC=NCC2)CC1. The number of rotatable bonds is 6. The van der Waals surface area contributed by atoms with Gasteiger partial charge in [0.2, 0.25) is 0 Å². The molecule has 0 amide bonds. The number of aromatic nitrogens is 1. The molecule has 0 saturated carbocycles. The Morgan fingerprint density at radius 3 is 3.04 bits per heavy atom. The number of nitrogens with zero attached hydrogens (tertiary/aromatic N) is 3. The first-order chi connectivity index (χ1) is 11.9. The van der Waals surface area contributed by atoms with Gasteiger partial charge in [0, 0.05) is 50.1 Å². The standard InChI is InChI=1S/C19H27N5/c1-20-16-6-4-15(5-7-16)19-18(3-2-10-24-19)23-14-13-22-17-8-11-21-12-9-17/h2-4,10-11,16,20,23H,5-9,12-14H2,1H3. The summed E-state index contributed by atoms with van der Waals surface area (Å²) in [5, 5.41) is 6.87. The molecule has 1 aromatic rings. The fourth-order valence-corrected chi connectivity index (χ4v) is 3.22. The number of nitrogens with one attached hydrogen (secondary N) is 2. The zero-order valence-corrected chi connectivity index (χ0v) is 14.5. The molecule has 5 heteroatoms. The summed E-state index contributed by atoms with van der Waals surface area (Å²) in [4.78, 5) is 13.5. The van der Waals surface area contributed by atoms with Crippen LogP contribution in [0.3, 0.4) is 0 Å². The van der Waals surface area contributed by atoms with Crippen molar-refractivity contribution in [2.24, 2.45) is 9.98 Å². The molecule has 0 aromatic carbocycles. The summed E-state index contributed by atoms with van der Waals surface area (Å²) in [6.07, 6.45) is 11.4. The summed E-state index contributed by atoms with van der Waals surface area (Å²) in [7, 11) is 2.04. The number of hydrogen-bond acceptors (Lipinski definition) is 5. The molecule has 0 saturated heterocycles. The minimum Gasteiger partial charge on any atom is -0.381 e. The van der Waals surface area contributed by atoms with E-state index < -0.39 is 0 Å². The van der Waals surface area contributed by atoms with Crippen LogP contribution in [0.15, 0.2) is 34.4 Å². The molecule has 3 rings (SSSR count). The van der Waals surface area contributed by atoms with E-state index in [2.05, 4.69) is 37.7 Å². The van der Waals surface area contributed by atoms with E-state index in [-0.39, 0.29) is 0 Å². The summed E-state index contributed by atoms with van der Waals surface area (Å²) >= 11 is 0. The Balaban J connectivity index is 1.58. The van der Waals surface area contributed by atoms with Gasteiger partial charge in [-0.25, -0.2) is 0 Å². The maximum Gasteiger partial charge on any atom is 0.0889 e. The molecule has 1 aromatic heterocycles. The predicted octanol–water partition coefficient (Wildman–Crippen LogP) is 2.95. The summed E-state index contributed by atoms with van der Waals surface area (Å²) in [5.41, 5.74) is 4.85. The first kappa shape index (κ1) is 16.8. The van der Waals surface area contributed by atoms with Gasteiger partial charge in [0.15, 0.2) is 0 Å². The Hall–Kier alpha value is -2.01. The number of hydrogen-bond donors (Lipinski definition) is 2. The van der Waals surface area contributed by atoms with E-state index in [9.17, 15) is 0 Å². The lowest BCUT2D eigenvalue weighted by Crippen LogP contribution is -2.26. The Morgan fingerprint density at radius 1 is 1.33 bits per heavy atom. The van der Waals surface area contributed by atoms with Crippen molar-refractivity contribution in [2.45, 2.75) is 38.1 Å². The lowest BCUT2D eigenvalue weighted by atomic mass is 9.92. The monoisotopic (exact) mass is 325 g/mol. The van der Waals surface area contributed by atoms with Crippen LogP contribution in [0.25, 0.3) is 5.57 Å². The van der Waals surface area contributed by atoms with E-state index >= 15 is 0 Å². The third-order valence-electron chi connectivity index (χ3n) is 4.68. The third-order valence-corrected chi connectivity index (χ3v) is 4.68. The molecule has 0 spiro atoms. The summed E-state index contributed by atoms with van der Waals surface area (Å²) < 4.78 is 0. The van der Waals surface area contributed by atoms with Crippen LogP contribution in [0.5, 0.6) is 0 Å². The highest BCUT2D eigenvalue weighted by molar-refractivity contribution is 5.97. The molecule has 1 aliphatic carbocycles. The topological polar surface area (TPSA) is 61.7 Å². The van der Waals surface area contributed by atoms with Crippen molar-refractivity contribution in [1.82, 2.24) is 10.3 Å². The van der Waals surface area contributed by atoms with Crippen LogP contribution in [0.2, 0.25) is 0 Å². The molecule has 0 fully saturated rings. The van der Waals surface area contributed by atoms with Crippen molar-refractivity contribution in [3.63, 3.8) is 0 Å². The Bertz CT molecular complexity index is 632. The molecule has 24 heavy (non-hydrogen) atoms. The summed E-state index contributed by atoms with van der Waals surface area (Å²) in [5.74, 6) is 0. The number of anilines is 1. The van der Waals surface area contributed by atoms with Crippen molar-refractivity contribution >= 4 is 23.2 Å². The van der Waals surface area contributed by atoms with Gasteiger partial charge in [0.1, 0.15) is 0 Å². The van der Waals surface area contributed by atoms with E-state index in [0.717, 1.165) is 56.7 Å². The number of pyridine rings is 1. The number of allylic oxidation sites excluding steroid dienone is 1. The quantitative estimate of drug-likeness (QED) is 0.791. The van der Waals surface area contributed by atoms with Crippen LogP contribution >= 0.6 is 0 Å². The highest BCUT2D eigenvalue weighted by Crippen LogP contribution is 2.29. The number of aliphatic imine (C=N–C) groups is 2. The molecular weight excluding hydrogens is 298 g/mol. The van der Waals surface area contributed by atoms with Crippen molar-refractivity contribution in [2.75, 3.05) is 32.0 Å². The lowest BCUT2D eigenvalue weighted by molar-refractivity contribution is 0.522. The van der Waals surface area contributed by atoms with Gasteiger partial charge < -0.3 is 10.6 Å². The zero-order chi connectivity index (χ0) is 16.6. The smallest absolute Gasteiger partial charge is 0.0889 e. The maximum absolute atomic E-state index is 4.68. The second-order valence-corrected chi connectivity index (χ2v) is 6.31. The fraction of sp³-hybridized carbons (Fsp3) is 0.526. The molecule has 2 heterocycles. The van der Waals surface area contributed by atoms with E-state index in [4.69, 9.17) is 0 Å². The van der Waals surface area contributed by atoms with Crippen LogP contribution in [0.4, 0.5) is 5.69 Å². The minimum absolute atomic E-state index is 0.601. The molecule has 128 valence electrons. The van der Waals surface area contributed by atoms with Crippen molar-refractivity contribution in [1.29, 1.82) is 0 Å². The van der Waals surface area contributed by atoms with E-state index in [1.54, 1.807) is 0 Å². The van der Waals surface area contributed by atoms with Gasteiger partial charge in [-0.15, -0.1) is 0 Å². The molecule has 1 unspecified atom stereocenters. The maximum atomic E-state index is 4.68. The van der Waals surface area contributed by atoms with Gasteiger partial charge in [-0.3, -0.25) is 15.0 Å². The van der Waals surface area contributed by atoms with E-state index in [1.165, 1.54) is 17.7 Å². The van der Waals surface area contributed by atoms with Gasteiger partial charge in [0.25, 0.3) is 0 Å². The van der Waals surface area contributed by atoms with Crippen molar-refractivity contribution < 1.29 is 0 Å². The highest BCUT2D eigenvalue weighted by Gasteiger charge is 2.16. The Labute approximate surface area is 144 Å². The van der Waals surface area contributed by atoms with Crippen molar-refractivity contribution in [3.8, 4) is 0 Å². The van der Waals surface area contributed by atoms with Gasteiger partial charge in [-0.05, 0) is 44.0 Å². The first-order valence-corrected chi connectivity index (χ1v) is 8.93. The van der Waals surface area contributed by atoms with Gasteiger partial charge in [-0.1, -0.05) is 6.08 Å². The van der Waals surface area contributed by atoms with Crippen LogP contribution in [-0.2, 0) is 0 Å².